The molecule has 2 aromatic heterocycles. The molecule has 5 nitrogen and oxygen atoms in total. The molecule has 2 aromatic rings. The van der Waals surface area contributed by atoms with Crippen molar-refractivity contribution in [3.8, 4) is 0 Å². The van der Waals surface area contributed by atoms with Crippen molar-refractivity contribution in [3.63, 3.8) is 0 Å². The van der Waals surface area contributed by atoms with Gasteiger partial charge in [-0.1, -0.05) is 6.07 Å². The van der Waals surface area contributed by atoms with Crippen molar-refractivity contribution in [1.82, 2.24) is 9.88 Å². The number of anilines is 1. The first-order valence-corrected chi connectivity index (χ1v) is 8.64. The van der Waals surface area contributed by atoms with Crippen LogP contribution in [0.2, 0.25) is 0 Å². The molecule has 0 saturated carbocycles. The fourth-order valence-electron chi connectivity index (χ4n) is 3.57. The Labute approximate surface area is 138 Å². The lowest BCUT2D eigenvalue weighted by Crippen LogP contribution is -2.34. The summed E-state index contributed by atoms with van der Waals surface area (Å²) in [6.45, 7) is 2.02. The van der Waals surface area contributed by atoms with Crippen LogP contribution < -0.4 is 4.90 Å². The molecule has 2 fully saturated rings. The summed E-state index contributed by atoms with van der Waals surface area (Å²) in [6.07, 6.45) is 3.07. The number of likely N-dealkylation sites (tertiary alicyclic amines) is 1. The lowest BCUT2D eigenvalue weighted by Gasteiger charge is -2.23. The second-order valence-electron chi connectivity index (χ2n) is 6.33. The average molecular weight is 327 g/mol. The van der Waals surface area contributed by atoms with Gasteiger partial charge in [0.2, 0.25) is 5.91 Å². The van der Waals surface area contributed by atoms with E-state index in [-0.39, 0.29) is 17.2 Å². The molecule has 0 radical (unpaired) electrons. The van der Waals surface area contributed by atoms with Gasteiger partial charge in [-0.15, -0.1) is 0 Å². The third-order valence-corrected chi connectivity index (χ3v) is 5.42. The molecule has 0 unspecified atom stereocenters. The summed E-state index contributed by atoms with van der Waals surface area (Å²) in [6, 6.07) is 7.45. The monoisotopic (exact) mass is 327 g/mol. The highest BCUT2D eigenvalue weighted by Gasteiger charge is 2.49. The minimum atomic E-state index is -0.125. The Morgan fingerprint density at radius 2 is 2.17 bits per heavy atom. The zero-order chi connectivity index (χ0) is 15.9. The molecule has 1 atom stereocenters. The van der Waals surface area contributed by atoms with E-state index < -0.39 is 0 Å². The Bertz CT molecular complexity index is 732. The molecule has 2 aliphatic rings. The molecule has 1 spiro atoms. The Morgan fingerprint density at radius 3 is 2.91 bits per heavy atom. The van der Waals surface area contributed by atoms with Gasteiger partial charge in [0, 0.05) is 43.0 Å². The van der Waals surface area contributed by atoms with Crippen molar-refractivity contribution < 1.29 is 9.59 Å². The average Bonchev–Trinajstić information content (AvgIpc) is 3.29. The molecule has 0 N–H and O–H groups in total. The Kier molecular flexibility index (Phi) is 3.41. The third kappa shape index (κ3) is 2.53. The van der Waals surface area contributed by atoms with Gasteiger partial charge in [0.25, 0.3) is 5.91 Å². The summed E-state index contributed by atoms with van der Waals surface area (Å²) < 4.78 is 0. The van der Waals surface area contributed by atoms with Crippen LogP contribution in [0.25, 0.3) is 0 Å². The summed E-state index contributed by atoms with van der Waals surface area (Å²) in [5, 5.41) is 3.80. The molecule has 4 rings (SSSR count). The minimum absolute atomic E-state index is 0.0758. The number of hydrogen-bond donors (Lipinski definition) is 0. The molecule has 118 valence electrons. The minimum Gasteiger partial charge on any atom is -0.338 e. The van der Waals surface area contributed by atoms with Crippen molar-refractivity contribution in [2.45, 2.75) is 12.8 Å². The maximum absolute atomic E-state index is 12.5. The first-order chi connectivity index (χ1) is 11.2. The molecule has 0 aliphatic carbocycles. The molecule has 23 heavy (non-hydrogen) atoms. The highest BCUT2D eigenvalue weighted by molar-refractivity contribution is 7.08. The van der Waals surface area contributed by atoms with Crippen LogP contribution in [-0.2, 0) is 4.79 Å². The summed E-state index contributed by atoms with van der Waals surface area (Å²) in [5.41, 5.74) is 0.623. The third-order valence-electron chi connectivity index (χ3n) is 4.74. The molecule has 2 saturated heterocycles. The summed E-state index contributed by atoms with van der Waals surface area (Å²) in [4.78, 5) is 32.9. The van der Waals surface area contributed by atoms with Gasteiger partial charge in [-0.05, 0) is 30.0 Å². The normalized spacial score (nSPS) is 23.9. The maximum atomic E-state index is 12.5. The van der Waals surface area contributed by atoms with E-state index in [1.165, 1.54) is 11.3 Å². The SMILES string of the molecule is O=C(c1ccsc1)N1CC[C@]2(CC(=O)N(c3ccccn3)C2)C1. The highest BCUT2D eigenvalue weighted by Crippen LogP contribution is 2.41. The van der Waals surface area contributed by atoms with E-state index in [0.29, 0.717) is 25.3 Å². The van der Waals surface area contributed by atoms with Crippen LogP contribution >= 0.6 is 11.3 Å². The van der Waals surface area contributed by atoms with Gasteiger partial charge in [0.1, 0.15) is 5.82 Å². The van der Waals surface area contributed by atoms with Gasteiger partial charge in [-0.25, -0.2) is 4.98 Å². The van der Waals surface area contributed by atoms with E-state index in [9.17, 15) is 9.59 Å². The van der Waals surface area contributed by atoms with E-state index in [1.54, 1.807) is 11.1 Å². The van der Waals surface area contributed by atoms with Gasteiger partial charge in [-0.2, -0.15) is 11.3 Å². The smallest absolute Gasteiger partial charge is 0.254 e. The summed E-state index contributed by atoms with van der Waals surface area (Å²) in [5.74, 6) is 0.886. The molecular weight excluding hydrogens is 310 g/mol. The van der Waals surface area contributed by atoms with Crippen molar-refractivity contribution in [2.24, 2.45) is 5.41 Å². The van der Waals surface area contributed by atoms with Gasteiger partial charge in [0.05, 0.1) is 5.56 Å². The van der Waals surface area contributed by atoms with Crippen molar-refractivity contribution in [2.75, 3.05) is 24.5 Å². The van der Waals surface area contributed by atoms with Gasteiger partial charge in [0.15, 0.2) is 0 Å². The Hall–Kier alpha value is -2.21. The number of carbonyl (C=O) groups is 2. The summed E-state index contributed by atoms with van der Waals surface area (Å²) >= 11 is 1.53. The number of aromatic nitrogens is 1. The van der Waals surface area contributed by atoms with Crippen LogP contribution in [0.4, 0.5) is 5.82 Å². The van der Waals surface area contributed by atoms with Gasteiger partial charge in [-0.3, -0.25) is 14.5 Å². The van der Waals surface area contributed by atoms with Crippen LogP contribution in [0, 0.1) is 5.41 Å². The van der Waals surface area contributed by atoms with E-state index >= 15 is 0 Å². The number of rotatable bonds is 2. The maximum Gasteiger partial charge on any atom is 0.254 e. The zero-order valence-corrected chi connectivity index (χ0v) is 13.5. The van der Waals surface area contributed by atoms with E-state index in [1.807, 2.05) is 39.9 Å². The molecule has 6 heteroatoms. The van der Waals surface area contributed by atoms with Crippen molar-refractivity contribution >= 4 is 29.0 Å². The fourth-order valence-corrected chi connectivity index (χ4v) is 4.20. The Morgan fingerprint density at radius 1 is 1.26 bits per heavy atom. The van der Waals surface area contributed by atoms with Crippen LogP contribution in [-0.4, -0.2) is 41.3 Å². The van der Waals surface area contributed by atoms with Crippen LogP contribution in [0.15, 0.2) is 41.2 Å². The lowest BCUT2D eigenvalue weighted by atomic mass is 9.86. The van der Waals surface area contributed by atoms with E-state index in [4.69, 9.17) is 0 Å². The molecule has 2 amide bonds. The topological polar surface area (TPSA) is 53.5 Å². The molecule has 2 aliphatic heterocycles. The predicted octanol–water partition coefficient (Wildman–Crippen LogP) is 2.41. The van der Waals surface area contributed by atoms with Crippen LogP contribution in [0.1, 0.15) is 23.2 Å². The number of hydrogen-bond acceptors (Lipinski definition) is 4. The van der Waals surface area contributed by atoms with Crippen LogP contribution in [0.5, 0.6) is 0 Å². The predicted molar refractivity (Wildman–Crippen MR) is 88.5 cm³/mol. The van der Waals surface area contributed by atoms with Crippen molar-refractivity contribution in [3.05, 3.63) is 46.8 Å². The largest absolute Gasteiger partial charge is 0.338 e. The number of amides is 2. The standard InChI is InChI=1S/C17H17N3O2S/c21-15-9-17(12-20(15)14-3-1-2-6-18-14)5-7-19(11-17)16(22)13-4-8-23-10-13/h1-4,6,8,10H,5,7,9,11-12H2/t17-/m0/s1. The Balaban J connectivity index is 1.51. The molecule has 0 bridgehead atoms. The lowest BCUT2D eigenvalue weighted by molar-refractivity contribution is -0.117. The van der Waals surface area contributed by atoms with Gasteiger partial charge < -0.3 is 4.90 Å². The fraction of sp³-hybridized carbons (Fsp3) is 0.353. The number of carbonyl (C=O) groups excluding carboxylic acids is 2. The summed E-state index contributed by atoms with van der Waals surface area (Å²) in [7, 11) is 0. The van der Waals surface area contributed by atoms with E-state index in [0.717, 1.165) is 18.5 Å². The van der Waals surface area contributed by atoms with E-state index in [2.05, 4.69) is 4.98 Å². The quantitative estimate of drug-likeness (QED) is 0.851. The second-order valence-corrected chi connectivity index (χ2v) is 7.11. The first kappa shape index (κ1) is 14.4. The number of nitrogens with zero attached hydrogens (tertiary/aromatic N) is 3. The van der Waals surface area contributed by atoms with Crippen molar-refractivity contribution in [1.29, 1.82) is 0 Å². The molecular formula is C17H17N3O2S. The van der Waals surface area contributed by atoms with Crippen LogP contribution in [0.3, 0.4) is 0 Å². The molecule has 0 aromatic carbocycles. The first-order valence-electron chi connectivity index (χ1n) is 7.70. The highest BCUT2D eigenvalue weighted by atomic mass is 32.1. The molecule has 4 heterocycles. The van der Waals surface area contributed by atoms with Gasteiger partial charge >= 0.3 is 0 Å². The number of pyridine rings is 1. The second kappa shape index (κ2) is 5.45. The zero-order valence-electron chi connectivity index (χ0n) is 12.6. The number of thiophene rings is 1.